The average Bonchev–Trinajstić information content (AvgIpc) is 2.22. The molecule has 1 unspecified atom stereocenters. The van der Waals surface area contributed by atoms with E-state index in [-0.39, 0.29) is 12.0 Å². The molecule has 2 atom stereocenters. The molecule has 0 aromatic carbocycles. The maximum Gasteiger partial charge on any atom is 0.326 e. The maximum atomic E-state index is 11.5. The maximum absolute atomic E-state index is 11.5. The van der Waals surface area contributed by atoms with Crippen molar-refractivity contribution < 1.29 is 19.4 Å². The minimum Gasteiger partial charge on any atom is -0.480 e. The third-order valence-electron chi connectivity index (χ3n) is 2.35. The summed E-state index contributed by atoms with van der Waals surface area (Å²) in [6, 6.07) is -1.39. The number of rotatable bonds is 7. The minimum absolute atomic E-state index is 0.0587. The summed E-state index contributed by atoms with van der Waals surface area (Å²) in [6.07, 6.45) is 0.684. The number of urea groups is 1. The van der Waals surface area contributed by atoms with E-state index in [9.17, 15) is 9.59 Å². The van der Waals surface area contributed by atoms with Gasteiger partial charge in [-0.25, -0.2) is 9.59 Å². The van der Waals surface area contributed by atoms with E-state index in [0.717, 1.165) is 0 Å². The zero-order valence-electron chi connectivity index (χ0n) is 10.8. The first-order chi connectivity index (χ1) is 7.88. The second-order valence-corrected chi connectivity index (χ2v) is 4.36. The Morgan fingerprint density at radius 3 is 2.24 bits per heavy atom. The number of aliphatic carboxylic acids is 1. The summed E-state index contributed by atoms with van der Waals surface area (Å²) in [6.45, 7) is 5.87. The number of carboxylic acids is 1. The van der Waals surface area contributed by atoms with Crippen LogP contribution >= 0.6 is 0 Å². The van der Waals surface area contributed by atoms with Gasteiger partial charge >= 0.3 is 12.0 Å². The summed E-state index contributed by atoms with van der Waals surface area (Å²) in [4.78, 5) is 22.4. The summed E-state index contributed by atoms with van der Waals surface area (Å²) in [5, 5.41) is 14.0. The summed E-state index contributed by atoms with van der Waals surface area (Å²) >= 11 is 0. The van der Waals surface area contributed by atoms with Crippen LogP contribution in [0.2, 0.25) is 0 Å². The van der Waals surface area contributed by atoms with Gasteiger partial charge in [0.1, 0.15) is 6.04 Å². The Morgan fingerprint density at radius 1 is 1.24 bits per heavy atom. The molecule has 0 aliphatic heterocycles. The molecular formula is C11H22N2O4. The summed E-state index contributed by atoms with van der Waals surface area (Å²) < 4.78 is 4.89. The molecule has 0 aromatic heterocycles. The molecule has 6 heteroatoms. The van der Waals surface area contributed by atoms with Crippen LogP contribution in [0.4, 0.5) is 4.79 Å². The Balaban J connectivity index is 4.10. The summed E-state index contributed by atoms with van der Waals surface area (Å²) in [7, 11) is 1.59. The van der Waals surface area contributed by atoms with Gasteiger partial charge in [-0.2, -0.15) is 0 Å². The lowest BCUT2D eigenvalue weighted by Crippen LogP contribution is -2.50. The number of hydrogen-bond acceptors (Lipinski definition) is 3. The number of ether oxygens (including phenoxy) is 1. The largest absolute Gasteiger partial charge is 0.480 e. The smallest absolute Gasteiger partial charge is 0.326 e. The highest BCUT2D eigenvalue weighted by molar-refractivity contribution is 5.82. The summed E-state index contributed by atoms with van der Waals surface area (Å²) in [5.41, 5.74) is 0. The van der Waals surface area contributed by atoms with Gasteiger partial charge in [0.2, 0.25) is 0 Å². The molecule has 100 valence electrons. The van der Waals surface area contributed by atoms with Crippen molar-refractivity contribution in [3.63, 3.8) is 0 Å². The van der Waals surface area contributed by atoms with E-state index in [2.05, 4.69) is 10.6 Å². The van der Waals surface area contributed by atoms with Crippen molar-refractivity contribution >= 4 is 12.0 Å². The van der Waals surface area contributed by atoms with Gasteiger partial charge in [0.15, 0.2) is 0 Å². The Kier molecular flexibility index (Phi) is 7.29. The van der Waals surface area contributed by atoms with Crippen LogP contribution in [0.15, 0.2) is 0 Å². The Bertz CT molecular complexity index is 256. The van der Waals surface area contributed by atoms with Crippen LogP contribution in [0, 0.1) is 5.92 Å². The van der Waals surface area contributed by atoms with Crippen molar-refractivity contribution in [2.24, 2.45) is 5.92 Å². The van der Waals surface area contributed by atoms with Crippen molar-refractivity contribution in [1.29, 1.82) is 0 Å². The van der Waals surface area contributed by atoms with Crippen molar-refractivity contribution in [1.82, 2.24) is 10.6 Å². The van der Waals surface area contributed by atoms with Crippen LogP contribution < -0.4 is 10.6 Å². The van der Waals surface area contributed by atoms with Crippen molar-refractivity contribution in [3.05, 3.63) is 0 Å². The second-order valence-electron chi connectivity index (χ2n) is 4.36. The fourth-order valence-corrected chi connectivity index (χ4v) is 1.29. The van der Waals surface area contributed by atoms with Crippen LogP contribution in [0.1, 0.15) is 27.2 Å². The van der Waals surface area contributed by atoms with E-state index >= 15 is 0 Å². The number of amides is 2. The van der Waals surface area contributed by atoms with E-state index in [1.54, 1.807) is 21.0 Å². The van der Waals surface area contributed by atoms with Crippen LogP contribution in [0.3, 0.4) is 0 Å². The topological polar surface area (TPSA) is 87.7 Å². The first-order valence-electron chi connectivity index (χ1n) is 5.67. The van der Waals surface area contributed by atoms with Crippen LogP contribution in [-0.2, 0) is 9.53 Å². The lowest BCUT2D eigenvalue weighted by atomic mass is 10.1. The highest BCUT2D eigenvalue weighted by Gasteiger charge is 2.23. The fourth-order valence-electron chi connectivity index (χ4n) is 1.29. The Labute approximate surface area is 102 Å². The number of hydrogen-bond donors (Lipinski definition) is 3. The van der Waals surface area contributed by atoms with Gasteiger partial charge in [-0.15, -0.1) is 0 Å². The predicted octanol–water partition coefficient (Wildman–Crippen LogP) is 0.820. The van der Waals surface area contributed by atoms with Crippen molar-refractivity contribution in [3.8, 4) is 0 Å². The van der Waals surface area contributed by atoms with Crippen LogP contribution in [0.5, 0.6) is 0 Å². The van der Waals surface area contributed by atoms with Gasteiger partial charge in [-0.05, 0) is 19.3 Å². The van der Waals surface area contributed by atoms with E-state index in [1.165, 1.54) is 0 Å². The van der Waals surface area contributed by atoms with Gasteiger partial charge in [-0.3, -0.25) is 0 Å². The van der Waals surface area contributed by atoms with E-state index in [4.69, 9.17) is 9.84 Å². The van der Waals surface area contributed by atoms with E-state index < -0.39 is 18.0 Å². The third kappa shape index (κ3) is 6.78. The molecule has 0 saturated carbocycles. The fraction of sp³-hybridized carbons (Fsp3) is 0.818. The van der Waals surface area contributed by atoms with Gasteiger partial charge in [-0.1, -0.05) is 13.8 Å². The number of nitrogens with one attached hydrogen (secondary N) is 2. The van der Waals surface area contributed by atoms with Gasteiger partial charge < -0.3 is 20.5 Å². The highest BCUT2D eigenvalue weighted by Crippen LogP contribution is 2.01. The number of carbonyl (C=O) groups is 2. The van der Waals surface area contributed by atoms with Crippen molar-refractivity contribution in [2.75, 3.05) is 13.7 Å². The van der Waals surface area contributed by atoms with Crippen molar-refractivity contribution in [2.45, 2.75) is 39.3 Å². The monoisotopic (exact) mass is 246 g/mol. The molecule has 17 heavy (non-hydrogen) atoms. The molecule has 0 aliphatic carbocycles. The predicted molar refractivity (Wildman–Crippen MR) is 63.9 cm³/mol. The quantitative estimate of drug-likeness (QED) is 0.620. The van der Waals surface area contributed by atoms with E-state index in [0.29, 0.717) is 13.0 Å². The first kappa shape index (κ1) is 15.7. The molecule has 0 bridgehead atoms. The van der Waals surface area contributed by atoms with Gasteiger partial charge in [0.25, 0.3) is 0 Å². The number of carboxylic acid groups (broad SMARTS) is 1. The zero-order chi connectivity index (χ0) is 13.4. The second kappa shape index (κ2) is 7.89. The molecule has 3 N–H and O–H groups in total. The van der Waals surface area contributed by atoms with Gasteiger partial charge in [0, 0.05) is 19.8 Å². The zero-order valence-corrected chi connectivity index (χ0v) is 10.8. The first-order valence-corrected chi connectivity index (χ1v) is 5.67. The highest BCUT2D eigenvalue weighted by atomic mass is 16.5. The van der Waals surface area contributed by atoms with Crippen LogP contribution in [-0.4, -0.2) is 42.9 Å². The molecule has 0 spiro atoms. The third-order valence-corrected chi connectivity index (χ3v) is 2.35. The van der Waals surface area contributed by atoms with Gasteiger partial charge in [0.05, 0.1) is 0 Å². The molecule has 2 amide bonds. The van der Waals surface area contributed by atoms with Crippen LogP contribution in [0.25, 0.3) is 0 Å². The average molecular weight is 246 g/mol. The lowest BCUT2D eigenvalue weighted by molar-refractivity contribution is -0.140. The summed E-state index contributed by atoms with van der Waals surface area (Å²) in [5.74, 6) is -1.19. The normalized spacial score (nSPS) is 14.2. The SMILES string of the molecule is COCCC(C)NC(=O)N[C@@H](C(=O)O)C(C)C. The molecule has 0 heterocycles. The Hall–Kier alpha value is -1.30. The standard InChI is InChI=1S/C11H22N2O4/c1-7(2)9(10(14)15)13-11(16)12-8(3)5-6-17-4/h7-9H,5-6H2,1-4H3,(H,14,15)(H2,12,13,16)/t8?,9-/m1/s1. The molecule has 6 nitrogen and oxygen atoms in total. The minimum atomic E-state index is -1.03. The molecule has 0 aliphatic rings. The number of carbonyl (C=O) groups excluding carboxylic acids is 1. The molecular weight excluding hydrogens is 224 g/mol. The van der Waals surface area contributed by atoms with E-state index in [1.807, 2.05) is 6.92 Å². The Morgan fingerprint density at radius 2 is 1.82 bits per heavy atom. The molecule has 0 saturated heterocycles. The molecule has 0 aromatic rings. The molecule has 0 radical (unpaired) electrons. The molecule has 0 rings (SSSR count). The lowest BCUT2D eigenvalue weighted by Gasteiger charge is -2.20. The number of methoxy groups -OCH3 is 1. The molecule has 0 fully saturated rings.